The van der Waals surface area contributed by atoms with Crippen molar-refractivity contribution in [2.75, 3.05) is 26.8 Å². The summed E-state index contributed by atoms with van der Waals surface area (Å²) in [6.45, 7) is 8.82. The Bertz CT molecular complexity index is 410. The van der Waals surface area contributed by atoms with Crippen LogP contribution in [0.25, 0.3) is 0 Å². The van der Waals surface area contributed by atoms with E-state index in [1.807, 2.05) is 17.1 Å². The predicted molar refractivity (Wildman–Crippen MR) is 78.4 cm³/mol. The van der Waals surface area contributed by atoms with E-state index in [0.29, 0.717) is 26.1 Å². The number of carbonyl (C=O) groups excluding carboxylic acids is 1. The molecule has 6 nitrogen and oxygen atoms in total. The van der Waals surface area contributed by atoms with Gasteiger partial charge in [-0.15, -0.1) is 0 Å². The number of ether oxygens (including phenoxy) is 1. The van der Waals surface area contributed by atoms with E-state index < -0.39 is 0 Å². The molecule has 0 spiro atoms. The summed E-state index contributed by atoms with van der Waals surface area (Å²) in [4.78, 5) is 11.4. The van der Waals surface area contributed by atoms with Crippen LogP contribution in [0.5, 0.6) is 0 Å². The van der Waals surface area contributed by atoms with Crippen LogP contribution in [0.2, 0.25) is 0 Å². The fourth-order valence-corrected chi connectivity index (χ4v) is 1.63. The van der Waals surface area contributed by atoms with Gasteiger partial charge in [0.25, 0.3) is 0 Å². The number of hydrogen-bond donors (Lipinski definition) is 2. The van der Waals surface area contributed by atoms with Gasteiger partial charge in [-0.3, -0.25) is 9.48 Å². The van der Waals surface area contributed by atoms with Crippen molar-refractivity contribution in [2.45, 2.75) is 39.3 Å². The monoisotopic (exact) mass is 282 g/mol. The first-order valence-corrected chi connectivity index (χ1v) is 6.94. The highest BCUT2D eigenvalue weighted by Gasteiger charge is 2.13. The minimum absolute atomic E-state index is 0.000511. The molecule has 1 rings (SSSR count). The van der Waals surface area contributed by atoms with E-state index in [9.17, 15) is 4.79 Å². The molecule has 20 heavy (non-hydrogen) atoms. The molecule has 0 aliphatic rings. The van der Waals surface area contributed by atoms with Gasteiger partial charge in [0.1, 0.15) is 0 Å². The molecule has 0 unspecified atom stereocenters. The standard InChI is InChI=1S/C14H26N4O2/c1-14(2,3)18-11-12(10-17-18)9-15-6-5-13(19)16-7-8-20-4/h10-11,15H,5-9H2,1-4H3,(H,16,19). The summed E-state index contributed by atoms with van der Waals surface area (Å²) in [6, 6.07) is 0. The van der Waals surface area contributed by atoms with Crippen LogP contribution in [0.15, 0.2) is 12.4 Å². The lowest BCUT2D eigenvalue weighted by Gasteiger charge is -2.18. The zero-order chi connectivity index (χ0) is 15.0. The molecular weight excluding hydrogens is 256 g/mol. The van der Waals surface area contributed by atoms with E-state index in [1.165, 1.54) is 0 Å². The van der Waals surface area contributed by atoms with Crippen molar-refractivity contribution in [1.29, 1.82) is 0 Å². The van der Waals surface area contributed by atoms with Crippen LogP contribution in [0.3, 0.4) is 0 Å². The molecule has 1 aromatic rings. The molecule has 0 aliphatic heterocycles. The van der Waals surface area contributed by atoms with E-state index in [1.54, 1.807) is 7.11 Å². The maximum absolute atomic E-state index is 11.4. The van der Waals surface area contributed by atoms with Gasteiger partial charge >= 0.3 is 0 Å². The maximum Gasteiger partial charge on any atom is 0.221 e. The molecule has 0 atom stereocenters. The Morgan fingerprint density at radius 1 is 1.40 bits per heavy atom. The average Bonchev–Trinajstić information content (AvgIpc) is 2.83. The summed E-state index contributed by atoms with van der Waals surface area (Å²) in [5.41, 5.74) is 1.12. The largest absolute Gasteiger partial charge is 0.383 e. The van der Waals surface area contributed by atoms with Crippen molar-refractivity contribution < 1.29 is 9.53 Å². The first-order chi connectivity index (χ1) is 9.43. The Morgan fingerprint density at radius 2 is 2.15 bits per heavy atom. The average molecular weight is 282 g/mol. The number of rotatable bonds is 8. The van der Waals surface area contributed by atoms with Crippen molar-refractivity contribution in [3.8, 4) is 0 Å². The smallest absolute Gasteiger partial charge is 0.221 e. The summed E-state index contributed by atoms with van der Waals surface area (Å²) in [7, 11) is 1.62. The Labute approximate surface area is 120 Å². The Kier molecular flexibility index (Phi) is 6.67. The summed E-state index contributed by atoms with van der Waals surface area (Å²) < 4.78 is 6.81. The Hall–Kier alpha value is -1.40. The van der Waals surface area contributed by atoms with Gasteiger partial charge in [-0.25, -0.2) is 0 Å². The lowest BCUT2D eigenvalue weighted by molar-refractivity contribution is -0.121. The molecule has 6 heteroatoms. The van der Waals surface area contributed by atoms with Crippen LogP contribution in [0, 0.1) is 0 Å². The lowest BCUT2D eigenvalue weighted by atomic mass is 10.1. The molecule has 114 valence electrons. The molecule has 2 N–H and O–H groups in total. The third-order valence-electron chi connectivity index (χ3n) is 2.81. The Balaban J connectivity index is 2.18. The second kappa shape index (κ2) is 8.01. The van der Waals surface area contributed by atoms with Gasteiger partial charge in [0.2, 0.25) is 5.91 Å². The molecular formula is C14H26N4O2. The van der Waals surface area contributed by atoms with Gasteiger partial charge in [0.05, 0.1) is 18.3 Å². The highest BCUT2D eigenvalue weighted by Crippen LogP contribution is 2.12. The molecule has 0 saturated carbocycles. The number of hydrogen-bond acceptors (Lipinski definition) is 4. The van der Waals surface area contributed by atoms with Gasteiger partial charge in [0, 0.05) is 44.9 Å². The first-order valence-electron chi connectivity index (χ1n) is 6.94. The van der Waals surface area contributed by atoms with Crippen molar-refractivity contribution in [3.05, 3.63) is 18.0 Å². The fraction of sp³-hybridized carbons (Fsp3) is 0.714. The molecule has 0 aromatic carbocycles. The maximum atomic E-state index is 11.4. The SMILES string of the molecule is COCCNC(=O)CCNCc1cnn(C(C)(C)C)c1. The van der Waals surface area contributed by atoms with E-state index in [4.69, 9.17) is 4.74 Å². The van der Waals surface area contributed by atoms with Crippen LogP contribution < -0.4 is 10.6 Å². The molecule has 0 saturated heterocycles. The summed E-state index contributed by atoms with van der Waals surface area (Å²) in [6.07, 6.45) is 4.36. The van der Waals surface area contributed by atoms with Crippen LogP contribution in [0.1, 0.15) is 32.8 Å². The van der Waals surface area contributed by atoms with Gasteiger partial charge in [-0.05, 0) is 20.8 Å². The van der Waals surface area contributed by atoms with E-state index in [-0.39, 0.29) is 11.4 Å². The quantitative estimate of drug-likeness (QED) is 0.695. The fourth-order valence-electron chi connectivity index (χ4n) is 1.63. The Morgan fingerprint density at radius 3 is 2.75 bits per heavy atom. The van der Waals surface area contributed by atoms with Crippen molar-refractivity contribution >= 4 is 5.91 Å². The lowest BCUT2D eigenvalue weighted by Crippen LogP contribution is -2.29. The van der Waals surface area contributed by atoms with Gasteiger partial charge in [-0.1, -0.05) is 0 Å². The first kappa shape index (κ1) is 16.7. The van der Waals surface area contributed by atoms with Crippen LogP contribution in [-0.4, -0.2) is 42.5 Å². The second-order valence-corrected chi connectivity index (χ2v) is 5.73. The summed E-state index contributed by atoms with van der Waals surface area (Å²) in [5, 5.41) is 10.4. The van der Waals surface area contributed by atoms with Gasteiger partial charge in [-0.2, -0.15) is 5.10 Å². The molecule has 0 aliphatic carbocycles. The number of carbonyl (C=O) groups is 1. The third-order valence-corrected chi connectivity index (χ3v) is 2.81. The third kappa shape index (κ3) is 6.16. The number of nitrogens with zero attached hydrogens (tertiary/aromatic N) is 2. The number of methoxy groups -OCH3 is 1. The summed E-state index contributed by atoms with van der Waals surface area (Å²) >= 11 is 0. The number of nitrogens with one attached hydrogen (secondary N) is 2. The highest BCUT2D eigenvalue weighted by atomic mass is 16.5. The van der Waals surface area contributed by atoms with E-state index >= 15 is 0 Å². The highest BCUT2D eigenvalue weighted by molar-refractivity contribution is 5.75. The zero-order valence-corrected chi connectivity index (χ0v) is 12.9. The van der Waals surface area contributed by atoms with Crippen LogP contribution in [0.4, 0.5) is 0 Å². The molecule has 1 heterocycles. The number of amides is 1. The second-order valence-electron chi connectivity index (χ2n) is 5.73. The van der Waals surface area contributed by atoms with Gasteiger partial charge in [0.15, 0.2) is 0 Å². The molecule has 0 fully saturated rings. The zero-order valence-electron chi connectivity index (χ0n) is 12.9. The molecule has 0 radical (unpaired) electrons. The van der Waals surface area contributed by atoms with Crippen LogP contribution >= 0.6 is 0 Å². The normalized spacial score (nSPS) is 11.6. The topological polar surface area (TPSA) is 68.2 Å². The number of aromatic nitrogens is 2. The van der Waals surface area contributed by atoms with Crippen molar-refractivity contribution in [2.24, 2.45) is 0 Å². The summed E-state index contributed by atoms with van der Waals surface area (Å²) in [5.74, 6) is 0.0416. The molecule has 1 aromatic heterocycles. The van der Waals surface area contributed by atoms with Crippen molar-refractivity contribution in [1.82, 2.24) is 20.4 Å². The van der Waals surface area contributed by atoms with Crippen LogP contribution in [-0.2, 0) is 21.6 Å². The minimum atomic E-state index is -0.000511. The molecule has 0 bridgehead atoms. The predicted octanol–water partition coefficient (Wildman–Crippen LogP) is 0.880. The minimum Gasteiger partial charge on any atom is -0.383 e. The van der Waals surface area contributed by atoms with E-state index in [0.717, 1.165) is 12.1 Å². The van der Waals surface area contributed by atoms with Gasteiger partial charge < -0.3 is 15.4 Å². The van der Waals surface area contributed by atoms with E-state index in [2.05, 4.69) is 36.5 Å². The molecule has 1 amide bonds. The van der Waals surface area contributed by atoms with Crippen molar-refractivity contribution in [3.63, 3.8) is 0 Å².